The van der Waals surface area contributed by atoms with Gasteiger partial charge in [-0.3, -0.25) is 0 Å². The van der Waals surface area contributed by atoms with E-state index in [0.29, 0.717) is 16.9 Å². The SMILES string of the molecule is Cc1noc(C)c1-c1cnc(N)c(C(=N)C(O)c2ccccc2)c1. The summed E-state index contributed by atoms with van der Waals surface area (Å²) in [5.74, 6) is 0.866. The van der Waals surface area contributed by atoms with Crippen molar-refractivity contribution in [3.8, 4) is 11.1 Å². The molecule has 0 bridgehead atoms. The topological polar surface area (TPSA) is 109 Å². The highest BCUT2D eigenvalue weighted by atomic mass is 16.5. The van der Waals surface area contributed by atoms with Crippen LogP contribution in [0.5, 0.6) is 0 Å². The van der Waals surface area contributed by atoms with E-state index in [1.165, 1.54) is 0 Å². The van der Waals surface area contributed by atoms with Crippen molar-refractivity contribution in [2.45, 2.75) is 20.0 Å². The normalized spacial score (nSPS) is 12.1. The maximum atomic E-state index is 10.5. The maximum Gasteiger partial charge on any atom is 0.141 e. The van der Waals surface area contributed by atoms with Gasteiger partial charge in [0.1, 0.15) is 17.7 Å². The van der Waals surface area contributed by atoms with Gasteiger partial charge >= 0.3 is 0 Å². The number of aryl methyl sites for hydroxylation is 2. The number of aliphatic hydroxyl groups excluding tert-OH is 1. The molecule has 6 heteroatoms. The molecule has 0 saturated carbocycles. The van der Waals surface area contributed by atoms with Gasteiger partial charge in [0.15, 0.2) is 0 Å². The molecule has 3 aromatic rings. The van der Waals surface area contributed by atoms with Gasteiger partial charge in [0.2, 0.25) is 0 Å². The van der Waals surface area contributed by atoms with Gasteiger partial charge in [-0.2, -0.15) is 0 Å². The second kappa shape index (κ2) is 6.25. The molecule has 4 N–H and O–H groups in total. The molecule has 0 aliphatic carbocycles. The number of nitrogens with zero attached hydrogens (tertiary/aromatic N) is 2. The predicted molar refractivity (Wildman–Crippen MR) is 91.9 cm³/mol. The lowest BCUT2D eigenvalue weighted by Crippen LogP contribution is -2.15. The lowest BCUT2D eigenvalue weighted by molar-refractivity contribution is 0.247. The molecule has 2 heterocycles. The van der Waals surface area contributed by atoms with Gasteiger partial charge in [-0.1, -0.05) is 35.5 Å². The van der Waals surface area contributed by atoms with Crippen LogP contribution < -0.4 is 5.73 Å². The summed E-state index contributed by atoms with van der Waals surface area (Å²) in [6.45, 7) is 3.65. The smallest absolute Gasteiger partial charge is 0.141 e. The van der Waals surface area contributed by atoms with Crippen LogP contribution in [0.1, 0.15) is 28.7 Å². The molecule has 0 fully saturated rings. The first-order valence-electron chi connectivity index (χ1n) is 7.49. The molecule has 2 aromatic heterocycles. The summed E-state index contributed by atoms with van der Waals surface area (Å²) in [6.07, 6.45) is 0.545. The highest BCUT2D eigenvalue weighted by Crippen LogP contribution is 2.30. The molecule has 1 atom stereocenters. The van der Waals surface area contributed by atoms with E-state index >= 15 is 0 Å². The van der Waals surface area contributed by atoms with Crippen LogP contribution in [-0.2, 0) is 0 Å². The Kier molecular flexibility index (Phi) is 4.14. The van der Waals surface area contributed by atoms with Crippen LogP contribution in [0, 0.1) is 19.3 Å². The van der Waals surface area contributed by atoms with Crippen LogP contribution in [0.4, 0.5) is 5.82 Å². The first kappa shape index (κ1) is 15.9. The number of anilines is 1. The van der Waals surface area contributed by atoms with E-state index in [2.05, 4.69) is 10.1 Å². The van der Waals surface area contributed by atoms with Crippen molar-refractivity contribution in [1.82, 2.24) is 10.1 Å². The first-order valence-corrected chi connectivity index (χ1v) is 7.49. The minimum Gasteiger partial charge on any atom is -0.383 e. The van der Waals surface area contributed by atoms with Crippen LogP contribution in [0.15, 0.2) is 47.1 Å². The fraction of sp³-hybridized carbons (Fsp3) is 0.167. The zero-order chi connectivity index (χ0) is 17.3. The van der Waals surface area contributed by atoms with Gasteiger partial charge in [0.25, 0.3) is 0 Å². The highest BCUT2D eigenvalue weighted by molar-refractivity contribution is 6.06. The summed E-state index contributed by atoms with van der Waals surface area (Å²) in [7, 11) is 0. The van der Waals surface area contributed by atoms with Crippen LogP contribution in [0.3, 0.4) is 0 Å². The Morgan fingerprint density at radius 2 is 1.96 bits per heavy atom. The molecule has 3 rings (SSSR count). The van der Waals surface area contributed by atoms with E-state index in [1.807, 2.05) is 32.0 Å². The zero-order valence-electron chi connectivity index (χ0n) is 13.4. The van der Waals surface area contributed by atoms with E-state index < -0.39 is 6.10 Å². The van der Waals surface area contributed by atoms with Gasteiger partial charge in [-0.15, -0.1) is 0 Å². The van der Waals surface area contributed by atoms with Crippen molar-refractivity contribution >= 4 is 11.5 Å². The minimum atomic E-state index is -1.07. The molecule has 6 nitrogen and oxygen atoms in total. The first-order chi connectivity index (χ1) is 11.5. The van der Waals surface area contributed by atoms with E-state index in [1.54, 1.807) is 24.4 Å². The number of pyridine rings is 1. The van der Waals surface area contributed by atoms with Gasteiger partial charge in [-0.25, -0.2) is 4.98 Å². The molecular formula is C18H18N4O2. The second-order valence-corrected chi connectivity index (χ2v) is 5.58. The summed E-state index contributed by atoms with van der Waals surface area (Å²) < 4.78 is 5.18. The minimum absolute atomic E-state index is 0.000176. The average molecular weight is 322 g/mol. The number of nitrogens with two attached hydrogens (primary N) is 1. The van der Waals surface area contributed by atoms with Crippen molar-refractivity contribution in [3.63, 3.8) is 0 Å². The third-order valence-corrected chi connectivity index (χ3v) is 3.92. The molecule has 0 radical (unpaired) electrons. The van der Waals surface area contributed by atoms with E-state index in [9.17, 15) is 5.11 Å². The Bertz CT molecular complexity index is 868. The van der Waals surface area contributed by atoms with Crippen molar-refractivity contribution in [3.05, 3.63) is 65.2 Å². The molecular weight excluding hydrogens is 304 g/mol. The van der Waals surface area contributed by atoms with Crippen molar-refractivity contribution in [1.29, 1.82) is 5.41 Å². The zero-order valence-corrected chi connectivity index (χ0v) is 13.4. The largest absolute Gasteiger partial charge is 0.383 e. The molecule has 0 aliphatic rings. The van der Waals surface area contributed by atoms with Crippen molar-refractivity contribution < 1.29 is 9.63 Å². The van der Waals surface area contributed by atoms with Crippen LogP contribution >= 0.6 is 0 Å². The standard InChI is InChI=1S/C18H18N4O2/c1-10-15(11(2)24-22-10)13-8-14(18(20)21-9-13)16(19)17(23)12-6-4-3-5-7-12/h3-9,17,19,23H,1-2H3,(H2,20,21). The Morgan fingerprint density at radius 1 is 1.25 bits per heavy atom. The maximum absolute atomic E-state index is 10.5. The van der Waals surface area contributed by atoms with Crippen LogP contribution in [0.25, 0.3) is 11.1 Å². The van der Waals surface area contributed by atoms with Gasteiger partial charge in [0.05, 0.1) is 11.4 Å². The van der Waals surface area contributed by atoms with Crippen molar-refractivity contribution in [2.24, 2.45) is 0 Å². The Labute approximate surface area is 139 Å². The third-order valence-electron chi connectivity index (χ3n) is 3.92. The number of nitrogen functional groups attached to an aromatic ring is 1. The number of hydrogen-bond acceptors (Lipinski definition) is 6. The lowest BCUT2D eigenvalue weighted by atomic mass is 9.97. The second-order valence-electron chi connectivity index (χ2n) is 5.58. The van der Waals surface area contributed by atoms with E-state index in [0.717, 1.165) is 16.8 Å². The summed E-state index contributed by atoms with van der Waals surface area (Å²) in [6, 6.07) is 10.8. The number of aliphatic hydroxyl groups is 1. The van der Waals surface area contributed by atoms with Gasteiger partial charge < -0.3 is 20.8 Å². The molecule has 1 aromatic carbocycles. The summed E-state index contributed by atoms with van der Waals surface area (Å²) in [5.41, 5.74) is 9.27. The molecule has 1 unspecified atom stereocenters. The van der Waals surface area contributed by atoms with Gasteiger partial charge in [0, 0.05) is 22.9 Å². The summed E-state index contributed by atoms with van der Waals surface area (Å²) in [5, 5.41) is 22.7. The molecule has 0 aliphatic heterocycles. The number of benzene rings is 1. The summed E-state index contributed by atoms with van der Waals surface area (Å²) in [4.78, 5) is 4.17. The average Bonchev–Trinajstić information content (AvgIpc) is 2.94. The molecule has 0 saturated heterocycles. The van der Waals surface area contributed by atoms with E-state index in [4.69, 9.17) is 15.7 Å². The van der Waals surface area contributed by atoms with E-state index in [-0.39, 0.29) is 11.5 Å². The lowest BCUT2D eigenvalue weighted by Gasteiger charge is -2.15. The molecule has 0 spiro atoms. The third kappa shape index (κ3) is 2.79. The monoisotopic (exact) mass is 322 g/mol. The summed E-state index contributed by atoms with van der Waals surface area (Å²) >= 11 is 0. The number of hydrogen-bond donors (Lipinski definition) is 3. The fourth-order valence-electron chi connectivity index (χ4n) is 2.67. The van der Waals surface area contributed by atoms with Crippen molar-refractivity contribution in [2.75, 3.05) is 5.73 Å². The number of aromatic nitrogens is 2. The number of rotatable bonds is 4. The molecule has 24 heavy (non-hydrogen) atoms. The van der Waals surface area contributed by atoms with Crippen LogP contribution in [-0.4, -0.2) is 21.0 Å². The molecule has 122 valence electrons. The Balaban J connectivity index is 2.02. The number of nitrogens with one attached hydrogen (secondary N) is 1. The van der Waals surface area contributed by atoms with Gasteiger partial charge in [-0.05, 0) is 25.5 Å². The highest BCUT2D eigenvalue weighted by Gasteiger charge is 2.20. The predicted octanol–water partition coefficient (Wildman–Crippen LogP) is 3.04. The Hall–Kier alpha value is -2.99. The molecule has 0 amide bonds. The van der Waals surface area contributed by atoms with Crippen LogP contribution in [0.2, 0.25) is 0 Å². The quantitative estimate of drug-likeness (QED) is 0.640. The fourth-order valence-corrected chi connectivity index (χ4v) is 2.67. The Morgan fingerprint density at radius 3 is 2.58 bits per heavy atom.